The van der Waals surface area contributed by atoms with Crippen molar-refractivity contribution < 1.29 is 4.52 Å². The number of hydrogen-bond donors (Lipinski definition) is 2. The summed E-state index contributed by atoms with van der Waals surface area (Å²) >= 11 is 0. The molecule has 2 aromatic heterocycles. The smallest absolute Gasteiger partial charge is 0.146 e. The minimum absolute atomic E-state index is 0.0766. The fourth-order valence-electron chi connectivity index (χ4n) is 1.95. The van der Waals surface area contributed by atoms with Gasteiger partial charge in [-0.3, -0.25) is 0 Å². The zero-order valence-electron chi connectivity index (χ0n) is 10.2. The van der Waals surface area contributed by atoms with E-state index in [-0.39, 0.29) is 6.04 Å². The molecule has 17 heavy (non-hydrogen) atoms. The van der Waals surface area contributed by atoms with Gasteiger partial charge in [0.25, 0.3) is 0 Å². The molecule has 2 aromatic rings. The molecule has 2 heterocycles. The average molecular weight is 232 g/mol. The molecule has 0 aromatic carbocycles. The first-order valence-electron chi connectivity index (χ1n) is 5.49. The summed E-state index contributed by atoms with van der Waals surface area (Å²) in [5, 5.41) is 7.25. The van der Waals surface area contributed by atoms with E-state index < -0.39 is 0 Å². The van der Waals surface area contributed by atoms with Crippen LogP contribution in [0.15, 0.2) is 22.9 Å². The lowest BCUT2D eigenvalue weighted by atomic mass is 10.1. The van der Waals surface area contributed by atoms with E-state index in [1.165, 1.54) is 0 Å². The monoisotopic (exact) mass is 232 g/mol. The van der Waals surface area contributed by atoms with Gasteiger partial charge in [-0.25, -0.2) is 4.98 Å². The van der Waals surface area contributed by atoms with Gasteiger partial charge in [-0.05, 0) is 32.9 Å². The molecule has 0 aliphatic heterocycles. The second-order valence-electron chi connectivity index (χ2n) is 4.04. The molecule has 0 amide bonds. The van der Waals surface area contributed by atoms with Crippen LogP contribution in [-0.4, -0.2) is 10.1 Å². The third-order valence-corrected chi connectivity index (χ3v) is 2.73. The number of rotatable bonds is 3. The van der Waals surface area contributed by atoms with E-state index in [9.17, 15) is 0 Å². The highest BCUT2D eigenvalue weighted by atomic mass is 16.5. The van der Waals surface area contributed by atoms with E-state index in [0.717, 1.165) is 22.7 Å². The Kier molecular flexibility index (Phi) is 2.99. The minimum atomic E-state index is 0.0766. The Balaban J connectivity index is 2.23. The van der Waals surface area contributed by atoms with Gasteiger partial charge in [0.2, 0.25) is 0 Å². The van der Waals surface area contributed by atoms with Gasteiger partial charge in [0.1, 0.15) is 11.6 Å². The van der Waals surface area contributed by atoms with Crippen LogP contribution in [0.4, 0.5) is 11.5 Å². The number of hydrogen-bond acceptors (Lipinski definition) is 5. The molecule has 0 radical (unpaired) electrons. The van der Waals surface area contributed by atoms with Crippen LogP contribution in [0.5, 0.6) is 0 Å². The van der Waals surface area contributed by atoms with E-state index in [0.29, 0.717) is 5.82 Å². The molecule has 1 unspecified atom stereocenters. The van der Waals surface area contributed by atoms with Crippen LogP contribution in [0, 0.1) is 13.8 Å². The Bertz CT molecular complexity index is 501. The number of nitrogens with two attached hydrogens (primary N) is 1. The van der Waals surface area contributed by atoms with Crippen molar-refractivity contribution in [1.82, 2.24) is 10.1 Å². The fourth-order valence-corrected chi connectivity index (χ4v) is 1.95. The summed E-state index contributed by atoms with van der Waals surface area (Å²) in [6, 6.07) is 3.82. The van der Waals surface area contributed by atoms with Crippen molar-refractivity contribution in [2.24, 2.45) is 0 Å². The maximum atomic E-state index is 5.79. The number of aryl methyl sites for hydroxylation is 2. The van der Waals surface area contributed by atoms with Crippen LogP contribution >= 0.6 is 0 Å². The Morgan fingerprint density at radius 3 is 2.76 bits per heavy atom. The van der Waals surface area contributed by atoms with Gasteiger partial charge in [0, 0.05) is 11.8 Å². The molecule has 3 N–H and O–H groups in total. The Hall–Kier alpha value is -2.04. The van der Waals surface area contributed by atoms with Crippen molar-refractivity contribution in [3.05, 3.63) is 35.3 Å². The molecule has 0 saturated heterocycles. The lowest BCUT2D eigenvalue weighted by Crippen LogP contribution is -2.10. The predicted octanol–water partition coefficient (Wildman–Crippen LogP) is 2.44. The van der Waals surface area contributed by atoms with Crippen LogP contribution in [0.2, 0.25) is 0 Å². The highest BCUT2D eigenvalue weighted by Gasteiger charge is 2.16. The normalized spacial score (nSPS) is 12.4. The number of nitrogens with one attached hydrogen (secondary N) is 1. The van der Waals surface area contributed by atoms with E-state index in [4.69, 9.17) is 10.3 Å². The van der Waals surface area contributed by atoms with E-state index >= 15 is 0 Å². The third-order valence-electron chi connectivity index (χ3n) is 2.73. The summed E-state index contributed by atoms with van der Waals surface area (Å²) in [7, 11) is 0. The summed E-state index contributed by atoms with van der Waals surface area (Å²) in [6.07, 6.45) is 1.67. The second-order valence-corrected chi connectivity index (χ2v) is 4.04. The number of pyridine rings is 1. The van der Waals surface area contributed by atoms with Crippen molar-refractivity contribution in [3.63, 3.8) is 0 Å². The van der Waals surface area contributed by atoms with Gasteiger partial charge in [-0.1, -0.05) is 5.16 Å². The van der Waals surface area contributed by atoms with E-state index in [2.05, 4.69) is 15.5 Å². The highest BCUT2D eigenvalue weighted by molar-refractivity contribution is 5.61. The van der Waals surface area contributed by atoms with E-state index in [1.54, 1.807) is 6.20 Å². The van der Waals surface area contributed by atoms with Gasteiger partial charge in [-0.15, -0.1) is 0 Å². The lowest BCUT2D eigenvalue weighted by Gasteiger charge is -2.15. The summed E-state index contributed by atoms with van der Waals surface area (Å²) in [5.41, 5.74) is 8.56. The molecule has 0 saturated carbocycles. The third kappa shape index (κ3) is 2.22. The van der Waals surface area contributed by atoms with Crippen LogP contribution in [-0.2, 0) is 0 Å². The molecule has 2 rings (SSSR count). The molecule has 5 heteroatoms. The maximum Gasteiger partial charge on any atom is 0.146 e. The number of nitrogens with zero attached hydrogens (tertiary/aromatic N) is 2. The quantitative estimate of drug-likeness (QED) is 0.849. The van der Waals surface area contributed by atoms with Crippen molar-refractivity contribution in [2.45, 2.75) is 26.8 Å². The van der Waals surface area contributed by atoms with Gasteiger partial charge in [-0.2, -0.15) is 0 Å². The lowest BCUT2D eigenvalue weighted by molar-refractivity contribution is 0.392. The van der Waals surface area contributed by atoms with Crippen LogP contribution in [0.3, 0.4) is 0 Å². The Morgan fingerprint density at radius 1 is 1.41 bits per heavy atom. The molecule has 1 atom stereocenters. The summed E-state index contributed by atoms with van der Waals surface area (Å²) in [5.74, 6) is 1.32. The van der Waals surface area contributed by atoms with Crippen LogP contribution in [0.25, 0.3) is 0 Å². The first kappa shape index (κ1) is 11.4. The summed E-state index contributed by atoms with van der Waals surface area (Å²) < 4.78 is 5.15. The number of anilines is 2. The zero-order valence-corrected chi connectivity index (χ0v) is 10.2. The molecule has 0 aliphatic rings. The SMILES string of the molecule is Cc1noc(C)c1C(C)Nc1cccnc1N. The largest absolute Gasteiger partial charge is 0.382 e. The van der Waals surface area contributed by atoms with Gasteiger partial charge < -0.3 is 15.6 Å². The standard InChI is InChI=1S/C12H16N4O/c1-7(11-8(2)16-17-9(11)3)15-10-5-4-6-14-12(10)13/h4-7,15H,1-3H3,(H2,13,14). The number of aromatic nitrogens is 2. The van der Waals surface area contributed by atoms with Gasteiger partial charge >= 0.3 is 0 Å². The van der Waals surface area contributed by atoms with Crippen LogP contribution in [0.1, 0.15) is 30.0 Å². The molecular formula is C12H16N4O. The highest BCUT2D eigenvalue weighted by Crippen LogP contribution is 2.26. The first-order chi connectivity index (χ1) is 8.09. The summed E-state index contributed by atoms with van der Waals surface area (Å²) in [6.45, 7) is 5.87. The first-order valence-corrected chi connectivity index (χ1v) is 5.49. The van der Waals surface area contributed by atoms with Crippen molar-refractivity contribution in [2.75, 3.05) is 11.1 Å². The Labute approximate surface area is 100 Å². The molecular weight excluding hydrogens is 216 g/mol. The van der Waals surface area contributed by atoms with E-state index in [1.807, 2.05) is 32.9 Å². The topological polar surface area (TPSA) is 77.0 Å². The van der Waals surface area contributed by atoms with Gasteiger partial charge in [0.05, 0.1) is 17.4 Å². The molecule has 0 spiro atoms. The number of nitrogen functional groups attached to an aromatic ring is 1. The van der Waals surface area contributed by atoms with Crippen molar-refractivity contribution in [1.29, 1.82) is 0 Å². The Morgan fingerprint density at radius 2 is 2.18 bits per heavy atom. The van der Waals surface area contributed by atoms with Crippen molar-refractivity contribution in [3.8, 4) is 0 Å². The van der Waals surface area contributed by atoms with Crippen LogP contribution < -0.4 is 11.1 Å². The zero-order chi connectivity index (χ0) is 12.4. The predicted molar refractivity (Wildman–Crippen MR) is 66.7 cm³/mol. The molecule has 0 bridgehead atoms. The molecule has 0 fully saturated rings. The molecule has 0 aliphatic carbocycles. The van der Waals surface area contributed by atoms with Gasteiger partial charge in [0.15, 0.2) is 0 Å². The minimum Gasteiger partial charge on any atom is -0.382 e. The molecule has 5 nitrogen and oxygen atoms in total. The summed E-state index contributed by atoms with van der Waals surface area (Å²) in [4.78, 5) is 4.03. The van der Waals surface area contributed by atoms with Crippen molar-refractivity contribution >= 4 is 11.5 Å². The molecule has 90 valence electrons. The average Bonchev–Trinajstić information content (AvgIpc) is 2.62. The fraction of sp³-hybridized carbons (Fsp3) is 0.333. The second kappa shape index (κ2) is 4.45. The maximum absolute atomic E-state index is 5.79.